The molecule has 17 heavy (non-hydrogen) atoms. The summed E-state index contributed by atoms with van der Waals surface area (Å²) in [7, 11) is 0. The first-order chi connectivity index (χ1) is 8.29. The molecule has 1 aromatic rings. The van der Waals surface area contributed by atoms with E-state index in [0.717, 1.165) is 23.4 Å². The molecule has 1 fully saturated rings. The molecule has 4 heteroatoms. The second-order valence-corrected chi connectivity index (χ2v) is 6.15. The van der Waals surface area contributed by atoms with E-state index in [1.807, 2.05) is 6.92 Å². The van der Waals surface area contributed by atoms with Gasteiger partial charge in [0.2, 0.25) is 5.89 Å². The molecule has 1 N–H and O–H groups in total. The maximum Gasteiger partial charge on any atom is 0.208 e. The summed E-state index contributed by atoms with van der Waals surface area (Å²) in [6.07, 6.45) is 7.16. The number of aromatic nitrogens is 1. The molecule has 0 amide bonds. The summed E-state index contributed by atoms with van der Waals surface area (Å²) in [6.45, 7) is 4.94. The zero-order chi connectivity index (χ0) is 12.1. The lowest BCUT2D eigenvalue weighted by Crippen LogP contribution is -2.40. The second-order valence-electron chi connectivity index (χ2n) is 4.63. The van der Waals surface area contributed by atoms with Gasteiger partial charge in [0, 0.05) is 11.3 Å². The molecule has 1 saturated carbocycles. The lowest BCUT2D eigenvalue weighted by molar-refractivity contribution is 0.358. The molecule has 0 unspecified atom stereocenters. The number of hydrogen-bond donors (Lipinski definition) is 1. The fourth-order valence-corrected chi connectivity index (χ4v) is 3.67. The van der Waals surface area contributed by atoms with Gasteiger partial charge >= 0.3 is 0 Å². The minimum Gasteiger partial charge on any atom is -0.445 e. The van der Waals surface area contributed by atoms with E-state index in [0.29, 0.717) is 6.04 Å². The Morgan fingerprint density at radius 1 is 1.47 bits per heavy atom. The topological polar surface area (TPSA) is 38.1 Å². The average molecular weight is 254 g/mol. The van der Waals surface area contributed by atoms with Crippen LogP contribution in [-0.2, 0) is 6.54 Å². The first-order valence-electron chi connectivity index (χ1n) is 6.56. The van der Waals surface area contributed by atoms with Gasteiger partial charge in [-0.25, -0.2) is 4.98 Å². The van der Waals surface area contributed by atoms with Crippen molar-refractivity contribution in [2.24, 2.45) is 0 Å². The van der Waals surface area contributed by atoms with E-state index in [-0.39, 0.29) is 0 Å². The van der Waals surface area contributed by atoms with Crippen LogP contribution < -0.4 is 5.32 Å². The lowest BCUT2D eigenvalue weighted by Gasteiger charge is -2.31. The van der Waals surface area contributed by atoms with Gasteiger partial charge in [-0.15, -0.1) is 0 Å². The maximum absolute atomic E-state index is 5.49. The fourth-order valence-electron chi connectivity index (χ4n) is 2.45. The molecule has 1 aromatic heterocycles. The molecule has 2 atom stereocenters. The van der Waals surface area contributed by atoms with Crippen LogP contribution in [0.25, 0.3) is 0 Å². The number of nitrogens with one attached hydrogen (secondary N) is 1. The molecule has 0 bridgehead atoms. The number of thioether (sulfide) groups is 1. The van der Waals surface area contributed by atoms with Crippen molar-refractivity contribution in [3.8, 4) is 0 Å². The van der Waals surface area contributed by atoms with Gasteiger partial charge in [-0.05, 0) is 25.5 Å². The molecule has 0 aromatic carbocycles. The summed E-state index contributed by atoms with van der Waals surface area (Å²) in [4.78, 5) is 4.24. The third kappa shape index (κ3) is 3.75. The standard InChI is InChI=1S/C13H22N2OS/c1-3-17-12-7-5-4-6-11(12)14-9-13-15-8-10(2)16-13/h8,11-12,14H,3-7,9H2,1-2H3/t11-,12-/m0/s1. The predicted octanol–water partition coefficient (Wildman–Crippen LogP) is 3.14. The fraction of sp³-hybridized carbons (Fsp3) is 0.769. The predicted molar refractivity (Wildman–Crippen MR) is 72.3 cm³/mol. The SMILES string of the molecule is CCS[C@H]1CCCC[C@@H]1NCc1ncc(C)o1. The van der Waals surface area contributed by atoms with Crippen molar-refractivity contribution < 1.29 is 4.42 Å². The largest absolute Gasteiger partial charge is 0.445 e. The highest BCUT2D eigenvalue weighted by molar-refractivity contribution is 7.99. The summed E-state index contributed by atoms with van der Waals surface area (Å²) in [5.41, 5.74) is 0. The van der Waals surface area contributed by atoms with E-state index < -0.39 is 0 Å². The molecule has 0 aliphatic heterocycles. The van der Waals surface area contributed by atoms with Crippen LogP contribution in [0.2, 0.25) is 0 Å². The van der Waals surface area contributed by atoms with Crippen LogP contribution in [0.4, 0.5) is 0 Å². The minimum absolute atomic E-state index is 0.626. The lowest BCUT2D eigenvalue weighted by atomic mass is 9.95. The first kappa shape index (κ1) is 13.0. The third-order valence-corrected chi connectivity index (χ3v) is 4.59. The van der Waals surface area contributed by atoms with Crippen LogP contribution in [-0.4, -0.2) is 22.0 Å². The number of nitrogens with zero attached hydrogens (tertiary/aromatic N) is 1. The third-order valence-electron chi connectivity index (χ3n) is 3.27. The summed E-state index contributed by atoms with van der Waals surface area (Å²) >= 11 is 2.09. The Hall–Kier alpha value is -0.480. The van der Waals surface area contributed by atoms with E-state index in [4.69, 9.17) is 4.42 Å². The van der Waals surface area contributed by atoms with Crippen molar-refractivity contribution >= 4 is 11.8 Å². The van der Waals surface area contributed by atoms with Gasteiger partial charge in [-0.1, -0.05) is 19.8 Å². The van der Waals surface area contributed by atoms with Gasteiger partial charge in [0.1, 0.15) is 5.76 Å². The Morgan fingerprint density at radius 2 is 2.29 bits per heavy atom. The quantitative estimate of drug-likeness (QED) is 0.876. The number of oxazole rings is 1. The van der Waals surface area contributed by atoms with Crippen molar-refractivity contribution in [3.05, 3.63) is 17.8 Å². The summed E-state index contributed by atoms with van der Waals surface area (Å²) in [5.74, 6) is 2.92. The molecule has 1 heterocycles. The normalized spacial score (nSPS) is 25.1. The first-order valence-corrected chi connectivity index (χ1v) is 7.60. The van der Waals surface area contributed by atoms with E-state index in [1.54, 1.807) is 6.20 Å². The van der Waals surface area contributed by atoms with Crippen molar-refractivity contribution in [1.29, 1.82) is 0 Å². The molecule has 96 valence electrons. The zero-order valence-corrected chi connectivity index (χ0v) is 11.6. The van der Waals surface area contributed by atoms with Crippen LogP contribution >= 0.6 is 11.8 Å². The van der Waals surface area contributed by atoms with Gasteiger partial charge < -0.3 is 9.73 Å². The van der Waals surface area contributed by atoms with Gasteiger partial charge in [0.25, 0.3) is 0 Å². The highest BCUT2D eigenvalue weighted by Crippen LogP contribution is 2.28. The Bertz CT molecular complexity index is 338. The molecular weight excluding hydrogens is 232 g/mol. The Balaban J connectivity index is 1.83. The number of rotatable bonds is 5. The van der Waals surface area contributed by atoms with Gasteiger partial charge in [0.05, 0.1) is 12.7 Å². The van der Waals surface area contributed by atoms with Crippen LogP contribution in [0.5, 0.6) is 0 Å². The van der Waals surface area contributed by atoms with Crippen molar-refractivity contribution in [3.63, 3.8) is 0 Å². The Labute approximate surface area is 108 Å². The van der Waals surface area contributed by atoms with Gasteiger partial charge in [-0.2, -0.15) is 11.8 Å². The Kier molecular flexibility index (Phi) is 4.92. The van der Waals surface area contributed by atoms with Crippen molar-refractivity contribution in [1.82, 2.24) is 10.3 Å². The Morgan fingerprint density at radius 3 is 3.00 bits per heavy atom. The monoisotopic (exact) mass is 254 g/mol. The van der Waals surface area contributed by atoms with Gasteiger partial charge in [-0.3, -0.25) is 0 Å². The molecule has 1 aliphatic carbocycles. The highest BCUT2D eigenvalue weighted by Gasteiger charge is 2.24. The van der Waals surface area contributed by atoms with E-state index in [9.17, 15) is 0 Å². The smallest absolute Gasteiger partial charge is 0.208 e. The summed E-state index contributed by atoms with van der Waals surface area (Å²) < 4.78 is 5.49. The van der Waals surface area contributed by atoms with Crippen LogP contribution in [0, 0.1) is 6.92 Å². The molecule has 0 radical (unpaired) electrons. The van der Waals surface area contributed by atoms with Crippen molar-refractivity contribution in [2.45, 2.75) is 57.4 Å². The molecule has 1 aliphatic rings. The number of aryl methyl sites for hydroxylation is 1. The van der Waals surface area contributed by atoms with Gasteiger partial charge in [0.15, 0.2) is 0 Å². The number of hydrogen-bond acceptors (Lipinski definition) is 4. The molecule has 0 spiro atoms. The minimum atomic E-state index is 0.626. The average Bonchev–Trinajstić information content (AvgIpc) is 2.74. The van der Waals surface area contributed by atoms with Crippen LogP contribution in [0.3, 0.4) is 0 Å². The van der Waals surface area contributed by atoms with E-state index in [2.05, 4.69) is 29.0 Å². The maximum atomic E-state index is 5.49. The zero-order valence-electron chi connectivity index (χ0n) is 10.7. The van der Waals surface area contributed by atoms with Crippen LogP contribution in [0.1, 0.15) is 44.3 Å². The highest BCUT2D eigenvalue weighted by atomic mass is 32.2. The van der Waals surface area contributed by atoms with E-state index >= 15 is 0 Å². The summed E-state index contributed by atoms with van der Waals surface area (Å²) in [5, 5.41) is 4.38. The second kappa shape index (κ2) is 6.45. The molecule has 3 nitrogen and oxygen atoms in total. The molecule has 2 rings (SSSR count). The summed E-state index contributed by atoms with van der Waals surface area (Å²) in [6, 6.07) is 0.626. The molecule has 0 saturated heterocycles. The van der Waals surface area contributed by atoms with E-state index in [1.165, 1.54) is 31.4 Å². The van der Waals surface area contributed by atoms with Crippen molar-refractivity contribution in [2.75, 3.05) is 5.75 Å². The van der Waals surface area contributed by atoms with Crippen LogP contribution in [0.15, 0.2) is 10.6 Å². The molecular formula is C13H22N2OS.